The SMILES string of the molecule is CC1(c2ccc3c(c2)OCCO3)CCC(Cl)C1. The number of hydrogen-bond donors (Lipinski definition) is 0. The van der Waals surface area contributed by atoms with Crippen molar-refractivity contribution in [2.24, 2.45) is 0 Å². The Bertz CT molecular complexity index is 432. The van der Waals surface area contributed by atoms with E-state index < -0.39 is 0 Å². The molecule has 0 saturated heterocycles. The highest BCUT2D eigenvalue weighted by molar-refractivity contribution is 6.20. The van der Waals surface area contributed by atoms with E-state index in [1.54, 1.807) is 0 Å². The first kappa shape index (κ1) is 11.2. The molecule has 1 aromatic rings. The first-order chi connectivity index (χ1) is 8.17. The zero-order valence-corrected chi connectivity index (χ0v) is 10.8. The van der Waals surface area contributed by atoms with Gasteiger partial charge in [0.15, 0.2) is 11.5 Å². The summed E-state index contributed by atoms with van der Waals surface area (Å²) in [5.74, 6) is 1.75. The standard InChI is InChI=1S/C14H17ClO2/c1-14(5-4-11(15)9-14)10-2-3-12-13(8-10)17-7-6-16-12/h2-3,8,11H,4-7,9H2,1H3. The molecule has 1 saturated carbocycles. The van der Waals surface area contributed by atoms with Crippen LogP contribution in [0.4, 0.5) is 0 Å². The summed E-state index contributed by atoms with van der Waals surface area (Å²) < 4.78 is 11.2. The minimum Gasteiger partial charge on any atom is -0.486 e. The molecule has 0 aromatic heterocycles. The number of alkyl halides is 1. The van der Waals surface area contributed by atoms with Crippen molar-refractivity contribution in [1.82, 2.24) is 0 Å². The molecule has 1 heterocycles. The van der Waals surface area contributed by atoms with Crippen LogP contribution in [-0.2, 0) is 5.41 Å². The summed E-state index contributed by atoms with van der Waals surface area (Å²) in [6.07, 6.45) is 3.31. The molecule has 3 heteroatoms. The number of fused-ring (bicyclic) bond motifs is 1. The van der Waals surface area contributed by atoms with Gasteiger partial charge in [0.25, 0.3) is 0 Å². The molecule has 1 aliphatic heterocycles. The summed E-state index contributed by atoms with van der Waals surface area (Å²) in [4.78, 5) is 0. The smallest absolute Gasteiger partial charge is 0.161 e. The lowest BCUT2D eigenvalue weighted by Crippen LogP contribution is -2.20. The zero-order valence-electron chi connectivity index (χ0n) is 10.0. The van der Waals surface area contributed by atoms with Gasteiger partial charge < -0.3 is 9.47 Å². The third kappa shape index (κ3) is 1.99. The van der Waals surface area contributed by atoms with Gasteiger partial charge in [0.1, 0.15) is 13.2 Å². The third-order valence-electron chi connectivity index (χ3n) is 3.92. The molecule has 0 spiro atoms. The Hall–Kier alpha value is -0.890. The van der Waals surface area contributed by atoms with Gasteiger partial charge in [-0.1, -0.05) is 13.0 Å². The van der Waals surface area contributed by atoms with E-state index in [2.05, 4.69) is 19.1 Å². The van der Waals surface area contributed by atoms with Gasteiger partial charge in [-0.15, -0.1) is 11.6 Å². The maximum Gasteiger partial charge on any atom is 0.161 e. The average Bonchev–Trinajstić information content (AvgIpc) is 2.70. The summed E-state index contributed by atoms with van der Waals surface area (Å²) in [5.41, 5.74) is 1.52. The summed E-state index contributed by atoms with van der Waals surface area (Å²) in [6.45, 7) is 3.58. The molecule has 0 radical (unpaired) electrons. The van der Waals surface area contributed by atoms with Gasteiger partial charge in [-0.05, 0) is 42.4 Å². The first-order valence-corrected chi connectivity index (χ1v) is 6.65. The molecule has 0 bridgehead atoms. The van der Waals surface area contributed by atoms with E-state index >= 15 is 0 Å². The quantitative estimate of drug-likeness (QED) is 0.712. The van der Waals surface area contributed by atoms with E-state index in [-0.39, 0.29) is 5.41 Å². The van der Waals surface area contributed by atoms with E-state index in [0.717, 1.165) is 30.8 Å². The van der Waals surface area contributed by atoms with Crippen LogP contribution in [0.2, 0.25) is 0 Å². The lowest BCUT2D eigenvalue weighted by atomic mass is 9.81. The Kier molecular flexibility index (Phi) is 2.70. The second kappa shape index (κ2) is 4.09. The lowest BCUT2D eigenvalue weighted by Gasteiger charge is -2.27. The van der Waals surface area contributed by atoms with Crippen molar-refractivity contribution < 1.29 is 9.47 Å². The summed E-state index contributed by atoms with van der Waals surface area (Å²) >= 11 is 6.23. The van der Waals surface area contributed by atoms with E-state index in [1.807, 2.05) is 6.07 Å². The molecule has 2 atom stereocenters. The van der Waals surface area contributed by atoms with Crippen LogP contribution in [0.15, 0.2) is 18.2 Å². The maximum atomic E-state index is 6.23. The molecular formula is C14H17ClO2. The van der Waals surface area contributed by atoms with Crippen molar-refractivity contribution in [3.8, 4) is 11.5 Å². The highest BCUT2D eigenvalue weighted by atomic mass is 35.5. The van der Waals surface area contributed by atoms with Crippen LogP contribution in [0.1, 0.15) is 31.7 Å². The predicted molar refractivity (Wildman–Crippen MR) is 68.3 cm³/mol. The summed E-state index contributed by atoms with van der Waals surface area (Å²) in [5, 5.41) is 0.313. The highest BCUT2D eigenvalue weighted by Crippen LogP contribution is 2.45. The zero-order chi connectivity index (χ0) is 11.9. The molecule has 3 rings (SSSR count). The van der Waals surface area contributed by atoms with Crippen LogP contribution in [0.3, 0.4) is 0 Å². The fourth-order valence-corrected chi connectivity index (χ4v) is 3.30. The van der Waals surface area contributed by atoms with E-state index in [0.29, 0.717) is 18.6 Å². The molecule has 2 aliphatic rings. The van der Waals surface area contributed by atoms with Crippen molar-refractivity contribution >= 4 is 11.6 Å². The number of rotatable bonds is 1. The molecule has 2 unspecified atom stereocenters. The van der Waals surface area contributed by atoms with Crippen molar-refractivity contribution in [1.29, 1.82) is 0 Å². The Balaban J connectivity index is 1.93. The second-order valence-electron chi connectivity index (χ2n) is 5.26. The van der Waals surface area contributed by atoms with Gasteiger partial charge in [-0.25, -0.2) is 0 Å². The number of benzene rings is 1. The van der Waals surface area contributed by atoms with Crippen molar-refractivity contribution in [3.63, 3.8) is 0 Å². The Labute approximate surface area is 107 Å². The Morgan fingerprint density at radius 3 is 2.71 bits per heavy atom. The van der Waals surface area contributed by atoms with Crippen molar-refractivity contribution in [2.75, 3.05) is 13.2 Å². The van der Waals surface area contributed by atoms with Gasteiger partial charge in [-0.3, -0.25) is 0 Å². The molecule has 92 valence electrons. The topological polar surface area (TPSA) is 18.5 Å². The van der Waals surface area contributed by atoms with Crippen LogP contribution in [0, 0.1) is 0 Å². The predicted octanol–water partition coefficient (Wildman–Crippen LogP) is 3.51. The van der Waals surface area contributed by atoms with Crippen LogP contribution >= 0.6 is 11.6 Å². The molecule has 17 heavy (non-hydrogen) atoms. The number of hydrogen-bond acceptors (Lipinski definition) is 2. The fraction of sp³-hybridized carbons (Fsp3) is 0.571. The molecule has 0 N–H and O–H groups in total. The first-order valence-electron chi connectivity index (χ1n) is 6.22. The van der Waals surface area contributed by atoms with E-state index in [1.165, 1.54) is 5.56 Å². The molecule has 1 aliphatic carbocycles. The van der Waals surface area contributed by atoms with Crippen molar-refractivity contribution in [3.05, 3.63) is 23.8 Å². The lowest BCUT2D eigenvalue weighted by molar-refractivity contribution is 0.171. The maximum absolute atomic E-state index is 6.23. The second-order valence-corrected chi connectivity index (χ2v) is 5.88. The highest BCUT2D eigenvalue weighted by Gasteiger charge is 2.36. The molecule has 1 aromatic carbocycles. The van der Waals surface area contributed by atoms with Crippen LogP contribution in [0.5, 0.6) is 11.5 Å². The minimum atomic E-state index is 0.197. The largest absolute Gasteiger partial charge is 0.486 e. The van der Waals surface area contributed by atoms with Crippen molar-refractivity contribution in [2.45, 2.75) is 37.0 Å². The van der Waals surface area contributed by atoms with Gasteiger partial charge in [0.2, 0.25) is 0 Å². The normalized spacial score (nSPS) is 31.5. The fourth-order valence-electron chi connectivity index (χ4n) is 2.85. The monoisotopic (exact) mass is 252 g/mol. The van der Waals surface area contributed by atoms with Gasteiger partial charge in [-0.2, -0.15) is 0 Å². The van der Waals surface area contributed by atoms with Gasteiger partial charge >= 0.3 is 0 Å². The Morgan fingerprint density at radius 2 is 2.00 bits per heavy atom. The van der Waals surface area contributed by atoms with Gasteiger partial charge in [0, 0.05) is 5.38 Å². The van der Waals surface area contributed by atoms with E-state index in [9.17, 15) is 0 Å². The molecule has 0 amide bonds. The summed E-state index contributed by atoms with van der Waals surface area (Å²) in [7, 11) is 0. The van der Waals surface area contributed by atoms with Gasteiger partial charge in [0.05, 0.1) is 0 Å². The summed E-state index contributed by atoms with van der Waals surface area (Å²) in [6, 6.07) is 6.31. The minimum absolute atomic E-state index is 0.197. The Morgan fingerprint density at radius 1 is 1.24 bits per heavy atom. The van der Waals surface area contributed by atoms with E-state index in [4.69, 9.17) is 21.1 Å². The van der Waals surface area contributed by atoms with Crippen LogP contribution < -0.4 is 9.47 Å². The van der Waals surface area contributed by atoms with Crippen LogP contribution in [-0.4, -0.2) is 18.6 Å². The number of ether oxygens (including phenoxy) is 2. The average molecular weight is 253 g/mol. The third-order valence-corrected chi connectivity index (χ3v) is 4.29. The molecule has 1 fully saturated rings. The molecule has 2 nitrogen and oxygen atoms in total. The number of halogens is 1. The molecular weight excluding hydrogens is 236 g/mol. The van der Waals surface area contributed by atoms with Crippen LogP contribution in [0.25, 0.3) is 0 Å².